The predicted molar refractivity (Wildman–Crippen MR) is 58.4 cm³/mol. The minimum atomic E-state index is 0.141. The van der Waals surface area contributed by atoms with Gasteiger partial charge in [-0.25, -0.2) is 4.98 Å². The Morgan fingerprint density at radius 3 is 3.13 bits per heavy atom. The molecule has 2 heterocycles. The van der Waals surface area contributed by atoms with Crippen molar-refractivity contribution in [1.82, 2.24) is 4.98 Å². The van der Waals surface area contributed by atoms with E-state index in [9.17, 15) is 0 Å². The van der Waals surface area contributed by atoms with Crippen LogP contribution in [0.4, 0.5) is 0 Å². The molecule has 1 fully saturated rings. The minimum absolute atomic E-state index is 0.141. The van der Waals surface area contributed by atoms with Crippen LogP contribution in [-0.2, 0) is 10.6 Å². The lowest BCUT2D eigenvalue weighted by molar-refractivity contribution is 0.138. The number of nitrogens with zero attached hydrogens (tertiary/aromatic N) is 1. The van der Waals surface area contributed by atoms with E-state index in [0.717, 1.165) is 24.3 Å². The largest absolute Gasteiger partial charge is 0.472 e. The van der Waals surface area contributed by atoms with Crippen LogP contribution in [0.15, 0.2) is 12.1 Å². The van der Waals surface area contributed by atoms with Crippen molar-refractivity contribution in [2.24, 2.45) is 0 Å². The second kappa shape index (κ2) is 4.81. The predicted octanol–water partition coefficient (Wildman–Crippen LogP) is 2.30. The number of hydrogen-bond donors (Lipinski definition) is 0. The SMILES string of the molecule is Cc1cc(CCl)cc(OC2CCOC2)n1. The molecule has 1 unspecified atom stereocenters. The summed E-state index contributed by atoms with van der Waals surface area (Å²) in [5.41, 5.74) is 1.97. The summed E-state index contributed by atoms with van der Waals surface area (Å²) in [6.45, 7) is 3.37. The highest BCUT2D eigenvalue weighted by atomic mass is 35.5. The van der Waals surface area contributed by atoms with Gasteiger partial charge in [0, 0.05) is 24.1 Å². The minimum Gasteiger partial charge on any atom is -0.472 e. The van der Waals surface area contributed by atoms with Crippen LogP contribution in [0, 0.1) is 6.92 Å². The molecule has 1 aromatic heterocycles. The number of hydrogen-bond acceptors (Lipinski definition) is 3. The van der Waals surface area contributed by atoms with Crippen molar-refractivity contribution >= 4 is 11.6 Å². The van der Waals surface area contributed by atoms with Crippen molar-refractivity contribution in [3.8, 4) is 5.88 Å². The molecule has 1 aliphatic rings. The molecular weight excluding hydrogens is 214 g/mol. The Bertz CT molecular complexity index is 337. The summed E-state index contributed by atoms with van der Waals surface area (Å²) >= 11 is 5.78. The number of pyridine rings is 1. The fraction of sp³-hybridized carbons (Fsp3) is 0.545. The first-order valence-electron chi connectivity index (χ1n) is 5.06. The summed E-state index contributed by atoms with van der Waals surface area (Å²) in [6, 6.07) is 3.85. The van der Waals surface area contributed by atoms with Crippen LogP contribution in [0.3, 0.4) is 0 Å². The van der Waals surface area contributed by atoms with Crippen LogP contribution >= 0.6 is 11.6 Å². The van der Waals surface area contributed by atoms with Crippen molar-refractivity contribution in [3.63, 3.8) is 0 Å². The van der Waals surface area contributed by atoms with Gasteiger partial charge in [-0.3, -0.25) is 0 Å². The van der Waals surface area contributed by atoms with Gasteiger partial charge in [0.05, 0.1) is 13.2 Å². The molecule has 4 heteroatoms. The van der Waals surface area contributed by atoms with Gasteiger partial charge in [-0.2, -0.15) is 0 Å². The Kier molecular flexibility index (Phi) is 3.44. The fourth-order valence-corrected chi connectivity index (χ4v) is 1.78. The molecule has 3 nitrogen and oxygen atoms in total. The molecule has 0 radical (unpaired) electrons. The number of ether oxygens (including phenoxy) is 2. The van der Waals surface area contributed by atoms with Gasteiger partial charge in [0.25, 0.3) is 0 Å². The first-order chi connectivity index (χ1) is 7.28. The normalized spacial score (nSPS) is 20.5. The van der Waals surface area contributed by atoms with Gasteiger partial charge >= 0.3 is 0 Å². The second-order valence-electron chi connectivity index (χ2n) is 3.69. The van der Waals surface area contributed by atoms with E-state index in [-0.39, 0.29) is 6.10 Å². The molecule has 0 aliphatic carbocycles. The number of halogens is 1. The van der Waals surface area contributed by atoms with Crippen LogP contribution < -0.4 is 4.74 Å². The lowest BCUT2D eigenvalue weighted by Gasteiger charge is -2.12. The van der Waals surface area contributed by atoms with E-state index >= 15 is 0 Å². The fourth-order valence-electron chi connectivity index (χ4n) is 1.62. The van der Waals surface area contributed by atoms with Gasteiger partial charge in [0.1, 0.15) is 6.10 Å². The molecule has 0 bridgehead atoms. The van der Waals surface area contributed by atoms with Gasteiger partial charge < -0.3 is 9.47 Å². The summed E-state index contributed by atoms with van der Waals surface area (Å²) in [5.74, 6) is 1.14. The number of aromatic nitrogens is 1. The number of rotatable bonds is 3. The Labute approximate surface area is 94.4 Å². The maximum Gasteiger partial charge on any atom is 0.214 e. The number of alkyl halides is 1. The smallest absolute Gasteiger partial charge is 0.214 e. The van der Waals surface area contributed by atoms with Crippen molar-refractivity contribution in [2.45, 2.75) is 25.3 Å². The average molecular weight is 228 g/mol. The third-order valence-corrected chi connectivity index (χ3v) is 2.63. The van der Waals surface area contributed by atoms with E-state index in [1.807, 2.05) is 19.1 Å². The monoisotopic (exact) mass is 227 g/mol. The third kappa shape index (κ3) is 2.83. The topological polar surface area (TPSA) is 31.4 Å². The molecule has 0 N–H and O–H groups in total. The van der Waals surface area contributed by atoms with Crippen LogP contribution in [0.1, 0.15) is 17.7 Å². The zero-order valence-electron chi connectivity index (χ0n) is 8.70. The highest BCUT2D eigenvalue weighted by Crippen LogP contribution is 2.18. The van der Waals surface area contributed by atoms with E-state index in [4.69, 9.17) is 21.1 Å². The zero-order chi connectivity index (χ0) is 10.7. The van der Waals surface area contributed by atoms with Crippen molar-refractivity contribution in [1.29, 1.82) is 0 Å². The number of aryl methyl sites for hydroxylation is 1. The highest BCUT2D eigenvalue weighted by Gasteiger charge is 2.17. The molecule has 0 amide bonds. The average Bonchev–Trinajstić information content (AvgIpc) is 2.69. The molecule has 0 spiro atoms. The van der Waals surface area contributed by atoms with Crippen molar-refractivity contribution in [2.75, 3.05) is 13.2 Å². The van der Waals surface area contributed by atoms with Gasteiger partial charge in [0.15, 0.2) is 0 Å². The molecule has 2 rings (SSSR count). The van der Waals surface area contributed by atoms with Crippen LogP contribution in [0.2, 0.25) is 0 Å². The van der Waals surface area contributed by atoms with E-state index in [0.29, 0.717) is 18.4 Å². The van der Waals surface area contributed by atoms with Gasteiger partial charge in [0.2, 0.25) is 5.88 Å². The molecule has 1 aromatic rings. The standard InChI is InChI=1S/C11H14ClNO2/c1-8-4-9(6-12)5-11(13-8)15-10-2-3-14-7-10/h4-5,10H,2-3,6-7H2,1H3. The van der Waals surface area contributed by atoms with E-state index in [1.165, 1.54) is 0 Å². The molecule has 1 saturated heterocycles. The Balaban J connectivity index is 2.09. The first-order valence-corrected chi connectivity index (χ1v) is 5.59. The molecular formula is C11H14ClNO2. The summed E-state index contributed by atoms with van der Waals surface area (Å²) in [7, 11) is 0. The summed E-state index contributed by atoms with van der Waals surface area (Å²) in [5, 5.41) is 0. The lowest BCUT2D eigenvalue weighted by atomic mass is 10.2. The maximum absolute atomic E-state index is 5.78. The van der Waals surface area contributed by atoms with Crippen LogP contribution in [0.5, 0.6) is 5.88 Å². The third-order valence-electron chi connectivity index (χ3n) is 2.32. The van der Waals surface area contributed by atoms with Crippen molar-refractivity contribution < 1.29 is 9.47 Å². The quantitative estimate of drug-likeness (QED) is 0.743. The van der Waals surface area contributed by atoms with Crippen LogP contribution in [0.25, 0.3) is 0 Å². The highest BCUT2D eigenvalue weighted by molar-refractivity contribution is 6.17. The molecule has 0 aromatic carbocycles. The maximum atomic E-state index is 5.78. The Morgan fingerprint density at radius 2 is 2.47 bits per heavy atom. The Morgan fingerprint density at radius 1 is 1.60 bits per heavy atom. The lowest BCUT2D eigenvalue weighted by Crippen LogP contribution is -2.16. The van der Waals surface area contributed by atoms with Crippen LogP contribution in [-0.4, -0.2) is 24.3 Å². The molecule has 15 heavy (non-hydrogen) atoms. The van der Waals surface area contributed by atoms with E-state index in [2.05, 4.69) is 4.98 Å². The van der Waals surface area contributed by atoms with Gasteiger partial charge in [-0.05, 0) is 18.6 Å². The zero-order valence-corrected chi connectivity index (χ0v) is 9.46. The first kappa shape index (κ1) is 10.7. The molecule has 0 saturated carbocycles. The van der Waals surface area contributed by atoms with Gasteiger partial charge in [-0.1, -0.05) is 0 Å². The summed E-state index contributed by atoms with van der Waals surface area (Å²) in [4.78, 5) is 4.31. The molecule has 1 atom stereocenters. The van der Waals surface area contributed by atoms with E-state index < -0.39 is 0 Å². The summed E-state index contributed by atoms with van der Waals surface area (Å²) < 4.78 is 10.9. The van der Waals surface area contributed by atoms with Crippen molar-refractivity contribution in [3.05, 3.63) is 23.4 Å². The summed E-state index contributed by atoms with van der Waals surface area (Å²) in [6.07, 6.45) is 1.08. The van der Waals surface area contributed by atoms with E-state index in [1.54, 1.807) is 0 Å². The molecule has 82 valence electrons. The Hall–Kier alpha value is -0.800. The second-order valence-corrected chi connectivity index (χ2v) is 3.96. The molecule has 1 aliphatic heterocycles. The van der Waals surface area contributed by atoms with Gasteiger partial charge in [-0.15, -0.1) is 11.6 Å².